The Balaban J connectivity index is 0.000000300. The number of nitrogens with two attached hydrogens (primary N) is 1. The van der Waals surface area contributed by atoms with E-state index >= 15 is 0 Å². The van der Waals surface area contributed by atoms with Gasteiger partial charge in [-0.25, -0.2) is 0 Å². The highest BCUT2D eigenvalue weighted by Gasteiger charge is 2.17. The van der Waals surface area contributed by atoms with Crippen LogP contribution in [-0.4, -0.2) is 0 Å². The van der Waals surface area contributed by atoms with Crippen molar-refractivity contribution in [2.75, 3.05) is 5.73 Å². The van der Waals surface area contributed by atoms with Crippen LogP contribution >= 0.6 is 0 Å². The van der Waals surface area contributed by atoms with E-state index in [0.717, 1.165) is 18.0 Å². The first-order valence-electron chi connectivity index (χ1n) is 7.93. The van der Waals surface area contributed by atoms with Crippen molar-refractivity contribution in [3.8, 4) is 0 Å². The number of aryl methyl sites for hydroxylation is 2. The molecular formula is C18H33N. The summed E-state index contributed by atoms with van der Waals surface area (Å²) >= 11 is 0. The van der Waals surface area contributed by atoms with Crippen LogP contribution in [0.2, 0.25) is 0 Å². The van der Waals surface area contributed by atoms with Crippen LogP contribution in [0.25, 0.3) is 0 Å². The third kappa shape index (κ3) is 9.58. The monoisotopic (exact) mass is 263 g/mol. The zero-order chi connectivity index (χ0) is 14.7. The van der Waals surface area contributed by atoms with E-state index in [1.807, 2.05) is 12.1 Å². The van der Waals surface area contributed by atoms with Crippen LogP contribution in [0.4, 0.5) is 5.69 Å². The third-order valence-electron chi connectivity index (χ3n) is 3.53. The van der Waals surface area contributed by atoms with Crippen LogP contribution in [0.5, 0.6) is 0 Å². The van der Waals surface area contributed by atoms with Gasteiger partial charge in [0.25, 0.3) is 0 Å². The van der Waals surface area contributed by atoms with Crippen molar-refractivity contribution in [1.29, 1.82) is 0 Å². The molecule has 1 aromatic carbocycles. The quantitative estimate of drug-likeness (QED) is 0.690. The van der Waals surface area contributed by atoms with Gasteiger partial charge in [-0.1, -0.05) is 65.9 Å². The summed E-state index contributed by atoms with van der Waals surface area (Å²) < 4.78 is 0. The predicted molar refractivity (Wildman–Crippen MR) is 88.6 cm³/mol. The first-order valence-corrected chi connectivity index (χ1v) is 7.93. The summed E-state index contributed by atoms with van der Waals surface area (Å²) in [6.45, 7) is 10.9. The Morgan fingerprint density at radius 2 is 1.63 bits per heavy atom. The molecule has 1 aliphatic rings. The first kappa shape index (κ1) is 18.0. The van der Waals surface area contributed by atoms with Crippen molar-refractivity contribution >= 4 is 5.69 Å². The molecule has 19 heavy (non-hydrogen) atoms. The molecule has 1 fully saturated rings. The Labute approximate surface area is 120 Å². The molecule has 0 atom stereocenters. The molecule has 1 heteroatoms. The van der Waals surface area contributed by atoms with Crippen LogP contribution in [0, 0.1) is 12.8 Å². The number of hydrogen-bond acceptors (Lipinski definition) is 1. The Kier molecular flexibility index (Phi) is 10.3. The minimum atomic E-state index is 0.863. The number of unbranched alkanes of at least 4 members (excludes halogenated alkanes) is 1. The number of hydrogen-bond donors (Lipinski definition) is 1. The Morgan fingerprint density at radius 1 is 1.05 bits per heavy atom. The summed E-state index contributed by atoms with van der Waals surface area (Å²) in [6.07, 6.45) is 8.14. The van der Waals surface area contributed by atoms with Gasteiger partial charge in [-0.15, -0.1) is 0 Å². The van der Waals surface area contributed by atoms with Crippen molar-refractivity contribution in [3.05, 3.63) is 29.3 Å². The molecule has 2 rings (SSSR count). The van der Waals surface area contributed by atoms with Gasteiger partial charge in [-0.05, 0) is 42.5 Å². The van der Waals surface area contributed by atoms with Gasteiger partial charge in [0.15, 0.2) is 0 Å². The average Bonchev–Trinajstić information content (AvgIpc) is 3.26. The second-order valence-electron chi connectivity index (χ2n) is 5.39. The second kappa shape index (κ2) is 10.9. The van der Waals surface area contributed by atoms with Crippen LogP contribution in [-0.2, 0) is 6.42 Å². The first-order chi connectivity index (χ1) is 9.08. The number of nitrogen functional groups attached to an aromatic ring is 1. The van der Waals surface area contributed by atoms with Gasteiger partial charge in [0.05, 0.1) is 0 Å². The predicted octanol–water partition coefficient (Wildman–Crippen LogP) is 5.75. The molecule has 1 aliphatic carbocycles. The second-order valence-corrected chi connectivity index (χ2v) is 5.39. The van der Waals surface area contributed by atoms with E-state index in [1.165, 1.54) is 43.2 Å². The lowest BCUT2D eigenvalue weighted by Gasteiger charge is -2.02. The molecule has 0 amide bonds. The van der Waals surface area contributed by atoms with Gasteiger partial charge in [0.2, 0.25) is 0 Å². The molecule has 0 radical (unpaired) electrons. The number of benzene rings is 1. The lowest BCUT2D eigenvalue weighted by Crippen LogP contribution is -1.90. The summed E-state index contributed by atoms with van der Waals surface area (Å²) in [4.78, 5) is 0. The van der Waals surface area contributed by atoms with Gasteiger partial charge in [0.1, 0.15) is 0 Å². The van der Waals surface area contributed by atoms with Gasteiger partial charge in [-0.2, -0.15) is 0 Å². The molecule has 110 valence electrons. The summed E-state index contributed by atoms with van der Waals surface area (Å²) in [7, 11) is 0. The zero-order valence-corrected chi connectivity index (χ0v) is 13.6. The molecule has 0 aliphatic heterocycles. The smallest absolute Gasteiger partial charge is 0.0316 e. The molecular weight excluding hydrogens is 230 g/mol. The van der Waals surface area contributed by atoms with Crippen molar-refractivity contribution in [1.82, 2.24) is 0 Å². The van der Waals surface area contributed by atoms with Crippen molar-refractivity contribution in [2.24, 2.45) is 5.92 Å². The number of anilines is 1. The minimum absolute atomic E-state index is 0.863. The van der Waals surface area contributed by atoms with Crippen LogP contribution in [0.15, 0.2) is 18.2 Å². The maximum absolute atomic E-state index is 5.60. The van der Waals surface area contributed by atoms with Gasteiger partial charge >= 0.3 is 0 Å². The molecule has 0 heterocycles. The van der Waals surface area contributed by atoms with Crippen molar-refractivity contribution < 1.29 is 0 Å². The van der Waals surface area contributed by atoms with Crippen molar-refractivity contribution in [2.45, 2.75) is 73.1 Å². The summed E-state index contributed by atoms with van der Waals surface area (Å²) in [5.41, 5.74) is 9.14. The Morgan fingerprint density at radius 3 is 1.89 bits per heavy atom. The van der Waals surface area contributed by atoms with Gasteiger partial charge in [0, 0.05) is 5.69 Å². The average molecular weight is 263 g/mol. The highest BCUT2D eigenvalue weighted by molar-refractivity contribution is 5.44. The molecule has 2 N–H and O–H groups in total. The Hall–Kier alpha value is -0.980. The van der Waals surface area contributed by atoms with Crippen LogP contribution < -0.4 is 5.73 Å². The van der Waals surface area contributed by atoms with E-state index in [0.29, 0.717) is 0 Å². The van der Waals surface area contributed by atoms with Crippen molar-refractivity contribution in [3.63, 3.8) is 0 Å². The van der Waals surface area contributed by atoms with E-state index in [1.54, 1.807) is 0 Å². The summed E-state index contributed by atoms with van der Waals surface area (Å²) in [5, 5.41) is 0. The van der Waals surface area contributed by atoms with Gasteiger partial charge in [-0.3, -0.25) is 0 Å². The van der Waals surface area contributed by atoms with Crippen LogP contribution in [0.1, 0.15) is 70.9 Å². The normalized spacial score (nSPS) is 12.9. The zero-order valence-electron chi connectivity index (χ0n) is 13.6. The summed E-state index contributed by atoms with van der Waals surface area (Å²) in [6, 6.07) is 6.04. The van der Waals surface area contributed by atoms with E-state index < -0.39 is 0 Å². The third-order valence-corrected chi connectivity index (χ3v) is 3.53. The van der Waals surface area contributed by atoms with Crippen LogP contribution in [0.3, 0.4) is 0 Å². The van der Waals surface area contributed by atoms with Gasteiger partial charge < -0.3 is 5.73 Å². The highest BCUT2D eigenvalue weighted by atomic mass is 14.5. The SMILES string of the molecule is CCC1CC1.CCCC.CCc1cc(N)ccc1C. The lowest BCUT2D eigenvalue weighted by molar-refractivity contribution is 0.799. The minimum Gasteiger partial charge on any atom is -0.399 e. The van der Waals surface area contributed by atoms with E-state index in [9.17, 15) is 0 Å². The fourth-order valence-electron chi connectivity index (χ4n) is 1.60. The molecule has 0 saturated heterocycles. The van der Waals surface area contributed by atoms with E-state index in [-0.39, 0.29) is 0 Å². The molecule has 0 unspecified atom stereocenters. The molecule has 0 spiro atoms. The molecule has 1 nitrogen and oxygen atoms in total. The number of rotatable bonds is 3. The fourth-order valence-corrected chi connectivity index (χ4v) is 1.60. The molecule has 1 saturated carbocycles. The van der Waals surface area contributed by atoms with E-state index in [2.05, 4.69) is 40.7 Å². The maximum atomic E-state index is 5.60. The molecule has 0 bridgehead atoms. The van der Waals surface area contributed by atoms with E-state index in [4.69, 9.17) is 5.73 Å². The molecule has 0 aromatic heterocycles. The Bertz CT molecular complexity index is 324. The lowest BCUT2D eigenvalue weighted by atomic mass is 10.1. The standard InChI is InChI=1S/C9H13N.C5H10.C4H10/c1-3-8-6-9(10)5-4-7(8)2;1-2-5-3-4-5;1-3-4-2/h4-6H,3,10H2,1-2H3;5H,2-4H2,1H3;3-4H2,1-2H3. The summed E-state index contributed by atoms with van der Waals surface area (Å²) in [5.74, 6) is 1.13. The maximum Gasteiger partial charge on any atom is 0.0316 e. The largest absolute Gasteiger partial charge is 0.399 e. The molecule has 1 aromatic rings. The fraction of sp³-hybridized carbons (Fsp3) is 0.667. The highest BCUT2D eigenvalue weighted by Crippen LogP contribution is 2.31. The topological polar surface area (TPSA) is 26.0 Å².